The number of hydrogen-bond donors (Lipinski definition) is 1. The van der Waals surface area contributed by atoms with Gasteiger partial charge >= 0.3 is 12.1 Å². The van der Waals surface area contributed by atoms with Gasteiger partial charge in [-0.2, -0.15) is 18.4 Å². The Labute approximate surface area is 158 Å². The summed E-state index contributed by atoms with van der Waals surface area (Å²) in [5.74, 6) is -3.15. The Hall–Kier alpha value is -2.72. The molecule has 0 radical (unpaired) electrons. The molecule has 1 heterocycles. The quantitative estimate of drug-likeness (QED) is 0.837. The van der Waals surface area contributed by atoms with Crippen LogP contribution < -0.4 is 4.90 Å². The molecular formula is C19H14ClF3N2O2. The number of nitriles is 1. The van der Waals surface area contributed by atoms with Gasteiger partial charge in [0, 0.05) is 17.3 Å². The van der Waals surface area contributed by atoms with E-state index >= 15 is 0 Å². The number of halogens is 4. The molecule has 1 aliphatic heterocycles. The highest BCUT2D eigenvalue weighted by Crippen LogP contribution is 2.42. The van der Waals surface area contributed by atoms with E-state index in [0.29, 0.717) is 27.4 Å². The normalized spacial score (nSPS) is 19.3. The summed E-state index contributed by atoms with van der Waals surface area (Å²) in [6.07, 6.45) is -4.98. The first-order valence-electron chi connectivity index (χ1n) is 8.04. The fourth-order valence-corrected chi connectivity index (χ4v) is 3.60. The SMILES string of the molecule is N#Cc1ccc(CN2c3ccc(Cl)cc3CC(C(=O)O)C2C(F)(F)F)cc1. The van der Waals surface area contributed by atoms with E-state index < -0.39 is 24.1 Å². The van der Waals surface area contributed by atoms with Crippen molar-refractivity contribution in [1.29, 1.82) is 5.26 Å². The predicted molar refractivity (Wildman–Crippen MR) is 93.5 cm³/mol. The maximum atomic E-state index is 13.8. The molecule has 0 spiro atoms. The molecule has 0 saturated carbocycles. The van der Waals surface area contributed by atoms with E-state index in [1.807, 2.05) is 6.07 Å². The van der Waals surface area contributed by atoms with E-state index in [1.165, 1.54) is 30.3 Å². The number of nitrogens with zero attached hydrogens (tertiary/aromatic N) is 2. The molecule has 2 unspecified atom stereocenters. The van der Waals surface area contributed by atoms with E-state index in [4.69, 9.17) is 16.9 Å². The number of carboxylic acids is 1. The van der Waals surface area contributed by atoms with Crippen molar-refractivity contribution in [3.63, 3.8) is 0 Å². The number of rotatable bonds is 3. The molecule has 8 heteroatoms. The van der Waals surface area contributed by atoms with Crippen LogP contribution in [-0.4, -0.2) is 23.3 Å². The van der Waals surface area contributed by atoms with Crippen molar-refractivity contribution in [2.45, 2.75) is 25.2 Å². The van der Waals surface area contributed by atoms with Crippen molar-refractivity contribution in [2.75, 3.05) is 4.90 Å². The maximum Gasteiger partial charge on any atom is 0.409 e. The third-order valence-corrected chi connectivity index (χ3v) is 4.83. The van der Waals surface area contributed by atoms with Crippen LogP contribution in [0.5, 0.6) is 0 Å². The standard InChI is InChI=1S/C19H14ClF3N2O2/c20-14-5-6-16-13(7-14)8-15(18(26)27)17(19(21,22)23)25(16)10-12-3-1-11(9-24)2-4-12/h1-7,15,17H,8,10H2,(H,26,27). The number of benzene rings is 2. The van der Waals surface area contributed by atoms with E-state index in [2.05, 4.69) is 0 Å². The summed E-state index contributed by atoms with van der Waals surface area (Å²) >= 11 is 5.95. The Morgan fingerprint density at radius 3 is 2.48 bits per heavy atom. The Bertz CT molecular complexity index is 907. The molecule has 0 aromatic heterocycles. The molecule has 140 valence electrons. The molecular weight excluding hydrogens is 381 g/mol. The zero-order valence-electron chi connectivity index (χ0n) is 13.9. The van der Waals surface area contributed by atoms with Gasteiger partial charge in [-0.25, -0.2) is 0 Å². The highest BCUT2D eigenvalue weighted by Gasteiger charge is 2.53. The minimum absolute atomic E-state index is 0.145. The molecule has 3 rings (SSSR count). The maximum absolute atomic E-state index is 13.8. The first-order chi connectivity index (χ1) is 12.7. The summed E-state index contributed by atoms with van der Waals surface area (Å²) in [7, 11) is 0. The van der Waals surface area contributed by atoms with Crippen LogP contribution in [0.4, 0.5) is 18.9 Å². The molecule has 0 aliphatic carbocycles. The molecule has 2 aromatic rings. The zero-order valence-corrected chi connectivity index (χ0v) is 14.6. The van der Waals surface area contributed by atoms with Crippen LogP contribution in [-0.2, 0) is 17.8 Å². The van der Waals surface area contributed by atoms with Gasteiger partial charge in [-0.05, 0) is 47.9 Å². The minimum Gasteiger partial charge on any atom is -0.481 e. The van der Waals surface area contributed by atoms with Gasteiger partial charge in [0.15, 0.2) is 0 Å². The van der Waals surface area contributed by atoms with Gasteiger partial charge < -0.3 is 10.0 Å². The van der Waals surface area contributed by atoms with Crippen molar-refractivity contribution in [1.82, 2.24) is 0 Å². The van der Waals surface area contributed by atoms with Crippen LogP contribution in [0.25, 0.3) is 0 Å². The predicted octanol–water partition coefficient (Wildman–Crippen LogP) is 4.41. The summed E-state index contributed by atoms with van der Waals surface area (Å²) in [6, 6.07) is 10.4. The zero-order chi connectivity index (χ0) is 19.8. The van der Waals surface area contributed by atoms with Crippen LogP contribution in [0.1, 0.15) is 16.7 Å². The van der Waals surface area contributed by atoms with Gasteiger partial charge in [0.2, 0.25) is 0 Å². The molecule has 4 nitrogen and oxygen atoms in total. The Morgan fingerprint density at radius 2 is 1.93 bits per heavy atom. The topological polar surface area (TPSA) is 64.3 Å². The molecule has 1 N–H and O–H groups in total. The summed E-state index contributed by atoms with van der Waals surface area (Å²) in [5, 5.41) is 18.6. The number of alkyl halides is 3. The molecule has 2 aromatic carbocycles. The lowest BCUT2D eigenvalue weighted by molar-refractivity contribution is -0.175. The number of aliphatic carboxylic acids is 1. The molecule has 1 aliphatic rings. The average molecular weight is 395 g/mol. The van der Waals surface area contributed by atoms with E-state index in [-0.39, 0.29) is 13.0 Å². The van der Waals surface area contributed by atoms with Crippen molar-refractivity contribution in [3.05, 3.63) is 64.2 Å². The van der Waals surface area contributed by atoms with Crippen molar-refractivity contribution >= 4 is 23.3 Å². The van der Waals surface area contributed by atoms with E-state index in [0.717, 1.165) is 4.90 Å². The van der Waals surface area contributed by atoms with Crippen LogP contribution >= 0.6 is 11.6 Å². The second-order valence-corrected chi connectivity index (χ2v) is 6.78. The highest BCUT2D eigenvalue weighted by molar-refractivity contribution is 6.30. The Morgan fingerprint density at radius 1 is 1.26 bits per heavy atom. The smallest absolute Gasteiger partial charge is 0.409 e. The molecule has 0 saturated heterocycles. The molecule has 27 heavy (non-hydrogen) atoms. The third-order valence-electron chi connectivity index (χ3n) is 4.60. The lowest BCUT2D eigenvalue weighted by Crippen LogP contribution is -2.55. The molecule has 0 bridgehead atoms. The van der Waals surface area contributed by atoms with Crippen molar-refractivity contribution in [3.8, 4) is 6.07 Å². The molecule has 0 fully saturated rings. The first-order valence-corrected chi connectivity index (χ1v) is 8.42. The molecule has 2 atom stereocenters. The van der Waals surface area contributed by atoms with Crippen molar-refractivity contribution < 1.29 is 23.1 Å². The third kappa shape index (κ3) is 3.86. The van der Waals surface area contributed by atoms with E-state index in [9.17, 15) is 23.1 Å². The minimum atomic E-state index is -4.73. The number of fused-ring (bicyclic) bond motifs is 1. The van der Waals surface area contributed by atoms with Crippen LogP contribution in [0, 0.1) is 17.2 Å². The highest BCUT2D eigenvalue weighted by atomic mass is 35.5. The summed E-state index contributed by atoms with van der Waals surface area (Å²) in [5.41, 5.74) is 1.70. The summed E-state index contributed by atoms with van der Waals surface area (Å²) in [6.45, 7) is -0.145. The fourth-order valence-electron chi connectivity index (χ4n) is 3.41. The number of anilines is 1. The fraction of sp³-hybridized carbons (Fsp3) is 0.263. The lowest BCUT2D eigenvalue weighted by Gasteiger charge is -2.43. The van der Waals surface area contributed by atoms with Gasteiger partial charge in [-0.1, -0.05) is 23.7 Å². The number of carbonyl (C=O) groups is 1. The van der Waals surface area contributed by atoms with Gasteiger partial charge in [0.05, 0.1) is 17.6 Å². The molecule has 0 amide bonds. The largest absolute Gasteiger partial charge is 0.481 e. The Balaban J connectivity index is 2.09. The van der Waals surface area contributed by atoms with E-state index in [1.54, 1.807) is 12.1 Å². The lowest BCUT2D eigenvalue weighted by atomic mass is 9.84. The average Bonchev–Trinajstić information content (AvgIpc) is 2.60. The van der Waals surface area contributed by atoms with Gasteiger partial charge in [-0.3, -0.25) is 4.79 Å². The van der Waals surface area contributed by atoms with Crippen LogP contribution in [0.3, 0.4) is 0 Å². The first kappa shape index (κ1) is 19.1. The van der Waals surface area contributed by atoms with Crippen LogP contribution in [0.15, 0.2) is 42.5 Å². The monoisotopic (exact) mass is 394 g/mol. The second kappa shape index (κ2) is 7.12. The van der Waals surface area contributed by atoms with Crippen LogP contribution in [0.2, 0.25) is 5.02 Å². The summed E-state index contributed by atoms with van der Waals surface area (Å²) in [4.78, 5) is 12.7. The number of carboxylic acid groups (broad SMARTS) is 1. The van der Waals surface area contributed by atoms with Gasteiger partial charge in [0.25, 0.3) is 0 Å². The van der Waals surface area contributed by atoms with Gasteiger partial charge in [0.1, 0.15) is 6.04 Å². The second-order valence-electron chi connectivity index (χ2n) is 6.34. The van der Waals surface area contributed by atoms with Crippen molar-refractivity contribution in [2.24, 2.45) is 5.92 Å². The number of hydrogen-bond acceptors (Lipinski definition) is 3. The Kier molecular flexibility index (Phi) is 5.03. The summed E-state index contributed by atoms with van der Waals surface area (Å²) < 4.78 is 41.5. The van der Waals surface area contributed by atoms with Gasteiger partial charge in [-0.15, -0.1) is 0 Å².